The molecule has 4 saturated carbocycles. The van der Waals surface area contributed by atoms with Crippen LogP contribution in [0.4, 0.5) is 0 Å². The lowest BCUT2D eigenvalue weighted by Crippen LogP contribution is -2.60. The van der Waals surface area contributed by atoms with Crippen LogP contribution in [0.3, 0.4) is 0 Å². The third kappa shape index (κ3) is 3.10. The zero-order valence-corrected chi connectivity index (χ0v) is 15.2. The fourth-order valence-electron chi connectivity index (χ4n) is 5.48. The normalized spacial score (nSPS) is 33.3. The molecule has 24 heavy (non-hydrogen) atoms. The highest BCUT2D eigenvalue weighted by Gasteiger charge is 2.51. The lowest BCUT2D eigenvalue weighted by atomic mass is 9.53. The third-order valence-electron chi connectivity index (χ3n) is 5.90. The number of amides is 1. The highest BCUT2D eigenvalue weighted by atomic mass is 79.9. The van der Waals surface area contributed by atoms with Crippen LogP contribution < -0.4 is 10.1 Å². The van der Waals surface area contributed by atoms with Crippen molar-refractivity contribution in [2.24, 2.45) is 17.8 Å². The van der Waals surface area contributed by atoms with Crippen molar-refractivity contribution in [2.75, 3.05) is 6.61 Å². The highest BCUT2D eigenvalue weighted by molar-refractivity contribution is 9.10. The van der Waals surface area contributed by atoms with Crippen LogP contribution in [0.15, 0.2) is 22.7 Å². The van der Waals surface area contributed by atoms with E-state index in [0.717, 1.165) is 47.8 Å². The molecule has 0 aliphatic heterocycles. The summed E-state index contributed by atoms with van der Waals surface area (Å²) in [4.78, 5) is 23.6. The van der Waals surface area contributed by atoms with Gasteiger partial charge in [0, 0.05) is 10.0 Å². The number of rotatable bonds is 5. The van der Waals surface area contributed by atoms with Gasteiger partial charge in [0.25, 0.3) is 5.91 Å². The van der Waals surface area contributed by atoms with Crippen LogP contribution in [0.25, 0.3) is 0 Å². The number of carbonyl (C=O) groups is 2. The van der Waals surface area contributed by atoms with Crippen molar-refractivity contribution in [3.8, 4) is 5.75 Å². The summed E-state index contributed by atoms with van der Waals surface area (Å²) in [7, 11) is 0. The van der Waals surface area contributed by atoms with Gasteiger partial charge in [0.05, 0.1) is 5.56 Å². The summed E-state index contributed by atoms with van der Waals surface area (Å²) in [6.45, 7) is -0.0375. The van der Waals surface area contributed by atoms with Gasteiger partial charge in [-0.25, -0.2) is 0 Å². The average Bonchev–Trinajstić information content (AvgIpc) is 2.51. The van der Waals surface area contributed by atoms with E-state index >= 15 is 0 Å². The summed E-state index contributed by atoms with van der Waals surface area (Å²) in [5.41, 5.74) is 0.453. The van der Waals surface area contributed by atoms with Gasteiger partial charge in [-0.1, -0.05) is 15.9 Å². The van der Waals surface area contributed by atoms with Crippen LogP contribution >= 0.6 is 15.9 Å². The van der Waals surface area contributed by atoms with Gasteiger partial charge >= 0.3 is 0 Å². The number of carbonyl (C=O) groups excluding carboxylic acids is 2. The van der Waals surface area contributed by atoms with Gasteiger partial charge in [-0.05, 0) is 74.5 Å². The molecule has 1 aromatic rings. The van der Waals surface area contributed by atoms with Crippen molar-refractivity contribution in [3.63, 3.8) is 0 Å². The first-order chi connectivity index (χ1) is 11.5. The van der Waals surface area contributed by atoms with E-state index in [0.29, 0.717) is 11.3 Å². The topological polar surface area (TPSA) is 55.4 Å². The number of halogens is 1. The SMILES string of the molecule is O=Cc1cc(Br)ccc1OCC(=O)NC12CC3CC(CC(C3)C1)C2. The standard InChI is InChI=1S/C19H22BrNO3/c20-16-1-2-17(15(6-16)10-22)24-11-18(23)21-19-7-12-3-13(8-19)5-14(4-12)9-19/h1-2,6,10,12-14H,3-5,7-9,11H2,(H,21,23). The van der Waals surface area contributed by atoms with E-state index in [1.807, 2.05) is 0 Å². The summed E-state index contributed by atoms with van der Waals surface area (Å²) in [5, 5.41) is 3.28. The molecular weight excluding hydrogens is 370 g/mol. The molecule has 4 bridgehead atoms. The molecule has 5 rings (SSSR count). The molecule has 0 aromatic heterocycles. The average molecular weight is 392 g/mol. The molecule has 0 heterocycles. The molecule has 4 nitrogen and oxygen atoms in total. The Labute approximate surface area is 150 Å². The first kappa shape index (κ1) is 16.1. The van der Waals surface area contributed by atoms with Crippen molar-refractivity contribution in [1.29, 1.82) is 0 Å². The lowest BCUT2D eigenvalue weighted by molar-refractivity contribution is -0.128. The Morgan fingerprint density at radius 1 is 1.21 bits per heavy atom. The fraction of sp³-hybridized carbons (Fsp3) is 0.579. The van der Waals surface area contributed by atoms with E-state index in [-0.39, 0.29) is 18.1 Å². The third-order valence-corrected chi connectivity index (χ3v) is 6.39. The zero-order valence-electron chi connectivity index (χ0n) is 13.6. The van der Waals surface area contributed by atoms with Gasteiger partial charge in [0.15, 0.2) is 12.9 Å². The molecule has 128 valence electrons. The second-order valence-electron chi connectivity index (χ2n) is 7.83. The molecular formula is C19H22BrNO3. The first-order valence-electron chi connectivity index (χ1n) is 8.74. The monoisotopic (exact) mass is 391 g/mol. The molecule has 0 unspecified atom stereocenters. The minimum absolute atomic E-state index is 0.00238. The Morgan fingerprint density at radius 3 is 2.42 bits per heavy atom. The molecule has 1 amide bonds. The molecule has 4 fully saturated rings. The first-order valence-corrected chi connectivity index (χ1v) is 9.53. The fourth-order valence-corrected chi connectivity index (χ4v) is 5.86. The van der Waals surface area contributed by atoms with Crippen LogP contribution in [0, 0.1) is 17.8 Å². The molecule has 1 aromatic carbocycles. The second-order valence-corrected chi connectivity index (χ2v) is 8.75. The molecule has 1 N–H and O–H groups in total. The predicted molar refractivity (Wildman–Crippen MR) is 94.1 cm³/mol. The number of hydrogen-bond donors (Lipinski definition) is 1. The predicted octanol–water partition coefficient (Wildman–Crippen LogP) is 3.73. The van der Waals surface area contributed by atoms with Gasteiger partial charge in [-0.3, -0.25) is 9.59 Å². The summed E-state index contributed by atoms with van der Waals surface area (Å²) in [6.07, 6.45) is 8.19. The van der Waals surface area contributed by atoms with E-state index < -0.39 is 0 Å². The maximum atomic E-state index is 12.4. The summed E-state index contributed by atoms with van der Waals surface area (Å²) in [6, 6.07) is 5.21. The minimum atomic E-state index is -0.0725. The summed E-state index contributed by atoms with van der Waals surface area (Å²) >= 11 is 3.33. The van der Waals surface area contributed by atoms with Crippen molar-refractivity contribution in [2.45, 2.75) is 44.1 Å². The summed E-state index contributed by atoms with van der Waals surface area (Å²) in [5.74, 6) is 2.77. The Bertz CT molecular complexity index is 637. The minimum Gasteiger partial charge on any atom is -0.483 e. The molecule has 0 radical (unpaired) electrons. The molecule has 5 heteroatoms. The molecule has 0 spiro atoms. The van der Waals surface area contributed by atoms with E-state index in [1.165, 1.54) is 19.3 Å². The van der Waals surface area contributed by atoms with Gasteiger partial charge in [-0.15, -0.1) is 0 Å². The van der Waals surface area contributed by atoms with E-state index in [4.69, 9.17) is 4.74 Å². The van der Waals surface area contributed by atoms with E-state index in [1.54, 1.807) is 18.2 Å². The highest BCUT2D eigenvalue weighted by Crippen LogP contribution is 2.55. The number of aldehydes is 1. The van der Waals surface area contributed by atoms with Gasteiger partial charge in [0.1, 0.15) is 5.75 Å². The Balaban J connectivity index is 1.38. The van der Waals surface area contributed by atoms with Gasteiger partial charge < -0.3 is 10.1 Å². The maximum Gasteiger partial charge on any atom is 0.258 e. The van der Waals surface area contributed by atoms with Crippen molar-refractivity contribution in [3.05, 3.63) is 28.2 Å². The summed E-state index contributed by atoms with van der Waals surface area (Å²) < 4.78 is 6.41. The molecule has 0 saturated heterocycles. The largest absolute Gasteiger partial charge is 0.483 e. The Kier molecular flexibility index (Phi) is 4.15. The number of ether oxygens (including phenoxy) is 1. The Hall–Kier alpha value is -1.36. The molecule has 0 atom stereocenters. The van der Waals surface area contributed by atoms with Crippen LogP contribution in [-0.2, 0) is 4.79 Å². The number of benzene rings is 1. The van der Waals surface area contributed by atoms with Crippen LogP contribution in [-0.4, -0.2) is 24.3 Å². The van der Waals surface area contributed by atoms with E-state index in [9.17, 15) is 9.59 Å². The lowest BCUT2D eigenvalue weighted by Gasteiger charge is -2.56. The van der Waals surface area contributed by atoms with Gasteiger partial charge in [0.2, 0.25) is 0 Å². The Morgan fingerprint density at radius 2 is 1.83 bits per heavy atom. The van der Waals surface area contributed by atoms with Crippen molar-refractivity contribution in [1.82, 2.24) is 5.32 Å². The van der Waals surface area contributed by atoms with E-state index in [2.05, 4.69) is 21.2 Å². The quantitative estimate of drug-likeness (QED) is 0.777. The van der Waals surface area contributed by atoms with Crippen LogP contribution in [0.1, 0.15) is 48.9 Å². The second kappa shape index (κ2) is 6.17. The van der Waals surface area contributed by atoms with Gasteiger partial charge in [-0.2, -0.15) is 0 Å². The number of hydrogen-bond acceptors (Lipinski definition) is 3. The van der Waals surface area contributed by atoms with Crippen molar-refractivity contribution < 1.29 is 14.3 Å². The number of nitrogens with one attached hydrogen (secondary N) is 1. The molecule has 4 aliphatic rings. The molecule has 4 aliphatic carbocycles. The van der Waals surface area contributed by atoms with Crippen LogP contribution in [0.2, 0.25) is 0 Å². The van der Waals surface area contributed by atoms with Crippen molar-refractivity contribution >= 4 is 28.1 Å². The zero-order chi connectivity index (χ0) is 16.7. The smallest absolute Gasteiger partial charge is 0.258 e. The maximum absolute atomic E-state index is 12.4. The van der Waals surface area contributed by atoms with Crippen LogP contribution in [0.5, 0.6) is 5.75 Å².